The fourth-order valence-corrected chi connectivity index (χ4v) is 1.07. The predicted molar refractivity (Wildman–Crippen MR) is 60.0 cm³/mol. The molecule has 76 valence electrons. The second-order valence-corrected chi connectivity index (χ2v) is 4.57. The number of hydrogen-bond acceptors (Lipinski definition) is 1. The Bertz CT molecular complexity index is 180. The molecule has 0 aliphatic carbocycles. The number of rotatable bonds is 5. The van der Waals surface area contributed by atoms with E-state index in [1.165, 1.54) is 0 Å². The molecule has 0 aliphatic heterocycles. The molecule has 2 unspecified atom stereocenters. The van der Waals surface area contributed by atoms with Crippen molar-refractivity contribution in [2.45, 2.75) is 38.1 Å². The second kappa shape index (κ2) is 6.19. The first-order valence-corrected chi connectivity index (χ1v) is 5.46. The Morgan fingerprint density at radius 2 is 2.08 bits per heavy atom. The van der Waals surface area contributed by atoms with E-state index in [2.05, 4.69) is 27.8 Å². The maximum atomic E-state index is 11.5. The third-order valence-electron chi connectivity index (χ3n) is 1.74. The fraction of sp³-hybridized carbons (Fsp3) is 0.700. The molecule has 1 N–H and O–H groups in total. The molecule has 0 aromatic carbocycles. The molecule has 0 aromatic rings. The number of amides is 1. The zero-order valence-electron chi connectivity index (χ0n) is 8.51. The summed E-state index contributed by atoms with van der Waals surface area (Å²) in [6.45, 7) is 9.62. The van der Waals surface area contributed by atoms with Gasteiger partial charge in [-0.05, 0) is 19.3 Å². The first kappa shape index (κ1) is 12.7. The van der Waals surface area contributed by atoms with Crippen LogP contribution in [0.2, 0.25) is 0 Å². The Kier molecular flexibility index (Phi) is 6.04. The van der Waals surface area contributed by atoms with Gasteiger partial charge < -0.3 is 5.32 Å². The van der Waals surface area contributed by atoms with Gasteiger partial charge >= 0.3 is 0 Å². The lowest BCUT2D eigenvalue weighted by Gasteiger charge is -2.17. The zero-order valence-corrected chi connectivity index (χ0v) is 10.1. The second-order valence-electron chi connectivity index (χ2n) is 3.58. The summed E-state index contributed by atoms with van der Waals surface area (Å²) >= 11 is 3.35. The average molecular weight is 248 g/mol. The van der Waals surface area contributed by atoms with Crippen LogP contribution in [0.3, 0.4) is 0 Å². The van der Waals surface area contributed by atoms with Crippen molar-refractivity contribution in [1.82, 2.24) is 5.32 Å². The minimum Gasteiger partial charge on any atom is -0.352 e. The molecule has 0 spiro atoms. The summed E-state index contributed by atoms with van der Waals surface area (Å²) < 4.78 is 0. The summed E-state index contributed by atoms with van der Waals surface area (Å²) in [4.78, 5) is 11.4. The van der Waals surface area contributed by atoms with Crippen LogP contribution in [-0.4, -0.2) is 16.8 Å². The van der Waals surface area contributed by atoms with Gasteiger partial charge in [0.05, 0.1) is 4.83 Å². The Morgan fingerprint density at radius 3 is 2.46 bits per heavy atom. The quantitative estimate of drug-likeness (QED) is 0.587. The molecule has 0 rings (SSSR count). The van der Waals surface area contributed by atoms with Gasteiger partial charge in [-0.3, -0.25) is 4.79 Å². The van der Waals surface area contributed by atoms with Gasteiger partial charge in [-0.2, -0.15) is 0 Å². The minimum absolute atomic E-state index is 0.0596. The number of nitrogens with one attached hydrogen (secondary N) is 1. The lowest BCUT2D eigenvalue weighted by Crippen LogP contribution is -2.39. The maximum Gasteiger partial charge on any atom is 0.234 e. The van der Waals surface area contributed by atoms with Crippen molar-refractivity contribution in [2.75, 3.05) is 0 Å². The summed E-state index contributed by atoms with van der Waals surface area (Å²) in [7, 11) is 0. The van der Waals surface area contributed by atoms with Crippen LogP contribution in [0.1, 0.15) is 27.2 Å². The Morgan fingerprint density at radius 1 is 1.54 bits per heavy atom. The highest BCUT2D eigenvalue weighted by molar-refractivity contribution is 9.10. The van der Waals surface area contributed by atoms with Crippen molar-refractivity contribution in [1.29, 1.82) is 0 Å². The summed E-state index contributed by atoms with van der Waals surface area (Å²) in [6.07, 6.45) is 2.62. The summed E-state index contributed by atoms with van der Waals surface area (Å²) in [6, 6.07) is 0.170. The van der Waals surface area contributed by atoms with Crippen LogP contribution >= 0.6 is 15.9 Å². The van der Waals surface area contributed by atoms with Crippen molar-refractivity contribution in [3.05, 3.63) is 12.7 Å². The molecule has 3 heteroatoms. The van der Waals surface area contributed by atoms with Gasteiger partial charge in [0.25, 0.3) is 0 Å². The van der Waals surface area contributed by atoms with Gasteiger partial charge in [0, 0.05) is 6.04 Å². The molecule has 2 atom stereocenters. The van der Waals surface area contributed by atoms with Gasteiger partial charge in [0.15, 0.2) is 0 Å². The van der Waals surface area contributed by atoms with Gasteiger partial charge in [0.1, 0.15) is 0 Å². The van der Waals surface area contributed by atoms with Crippen molar-refractivity contribution < 1.29 is 4.79 Å². The average Bonchev–Trinajstić information content (AvgIpc) is 2.03. The molecule has 1 amide bonds. The van der Waals surface area contributed by atoms with E-state index in [9.17, 15) is 4.79 Å². The highest BCUT2D eigenvalue weighted by atomic mass is 79.9. The zero-order chi connectivity index (χ0) is 10.4. The van der Waals surface area contributed by atoms with Crippen molar-refractivity contribution in [2.24, 2.45) is 5.92 Å². The number of halogens is 1. The van der Waals surface area contributed by atoms with E-state index >= 15 is 0 Å². The molecule has 13 heavy (non-hydrogen) atoms. The third kappa shape index (κ3) is 5.09. The smallest absolute Gasteiger partial charge is 0.234 e. The van der Waals surface area contributed by atoms with Crippen molar-refractivity contribution in [3.8, 4) is 0 Å². The minimum atomic E-state index is -0.0974. The largest absolute Gasteiger partial charge is 0.352 e. The Balaban J connectivity index is 3.92. The SMILES string of the molecule is C=CCC(C)NC(=O)C(Br)C(C)C. The van der Waals surface area contributed by atoms with E-state index in [1.807, 2.05) is 26.8 Å². The van der Waals surface area contributed by atoms with E-state index in [1.54, 1.807) is 0 Å². The molecule has 0 saturated carbocycles. The van der Waals surface area contributed by atoms with E-state index in [0.717, 1.165) is 6.42 Å². The highest BCUT2D eigenvalue weighted by Crippen LogP contribution is 2.12. The Labute approximate surface area is 88.9 Å². The Hall–Kier alpha value is -0.310. The van der Waals surface area contributed by atoms with Gasteiger partial charge in [-0.15, -0.1) is 6.58 Å². The number of carbonyl (C=O) groups excluding carboxylic acids is 1. The third-order valence-corrected chi connectivity index (χ3v) is 3.22. The molecule has 2 nitrogen and oxygen atoms in total. The maximum absolute atomic E-state index is 11.5. The molecule has 0 fully saturated rings. The van der Waals surface area contributed by atoms with Crippen LogP contribution in [0, 0.1) is 5.92 Å². The number of hydrogen-bond donors (Lipinski definition) is 1. The standard InChI is InChI=1S/C10H18BrNO/c1-5-6-8(4)12-10(13)9(11)7(2)3/h5,7-9H,1,6H2,2-4H3,(H,12,13). The first-order valence-electron chi connectivity index (χ1n) is 4.54. The van der Waals surface area contributed by atoms with Gasteiger partial charge in [-0.1, -0.05) is 35.9 Å². The number of carbonyl (C=O) groups is 1. The predicted octanol–water partition coefficient (Wildman–Crippen LogP) is 2.49. The van der Waals surface area contributed by atoms with Crippen LogP contribution in [0.25, 0.3) is 0 Å². The first-order chi connectivity index (χ1) is 5.99. The van der Waals surface area contributed by atoms with E-state index in [0.29, 0.717) is 5.92 Å². The van der Waals surface area contributed by atoms with Gasteiger partial charge in [-0.25, -0.2) is 0 Å². The number of alkyl halides is 1. The van der Waals surface area contributed by atoms with E-state index < -0.39 is 0 Å². The lowest BCUT2D eigenvalue weighted by atomic mass is 10.1. The molecule has 0 saturated heterocycles. The van der Waals surface area contributed by atoms with Crippen molar-refractivity contribution in [3.63, 3.8) is 0 Å². The van der Waals surface area contributed by atoms with Crippen LogP contribution in [0.15, 0.2) is 12.7 Å². The molecule has 0 radical (unpaired) electrons. The summed E-state index contributed by atoms with van der Waals surface area (Å²) in [5.41, 5.74) is 0. The summed E-state index contributed by atoms with van der Waals surface area (Å²) in [5.74, 6) is 0.375. The molecule has 0 bridgehead atoms. The molecule has 0 aromatic heterocycles. The van der Waals surface area contributed by atoms with Crippen LogP contribution in [0.5, 0.6) is 0 Å². The van der Waals surface area contributed by atoms with Crippen LogP contribution < -0.4 is 5.32 Å². The summed E-state index contributed by atoms with van der Waals surface area (Å²) in [5, 5.41) is 2.90. The molecular formula is C10H18BrNO. The van der Waals surface area contributed by atoms with E-state index in [4.69, 9.17) is 0 Å². The fourth-order valence-electron chi connectivity index (χ4n) is 0.934. The van der Waals surface area contributed by atoms with Gasteiger partial charge in [0.2, 0.25) is 5.91 Å². The topological polar surface area (TPSA) is 29.1 Å². The normalized spacial score (nSPS) is 15.2. The molecule has 0 heterocycles. The molecular weight excluding hydrogens is 230 g/mol. The van der Waals surface area contributed by atoms with Crippen LogP contribution in [0.4, 0.5) is 0 Å². The highest BCUT2D eigenvalue weighted by Gasteiger charge is 2.19. The van der Waals surface area contributed by atoms with Crippen LogP contribution in [-0.2, 0) is 4.79 Å². The molecule has 0 aliphatic rings. The lowest BCUT2D eigenvalue weighted by molar-refractivity contribution is -0.121. The van der Waals surface area contributed by atoms with E-state index in [-0.39, 0.29) is 16.8 Å². The van der Waals surface area contributed by atoms with Crippen molar-refractivity contribution >= 4 is 21.8 Å². The monoisotopic (exact) mass is 247 g/mol.